The summed E-state index contributed by atoms with van der Waals surface area (Å²) in [4.78, 5) is 14.3. The van der Waals surface area contributed by atoms with Crippen molar-refractivity contribution in [1.29, 1.82) is 0 Å². The van der Waals surface area contributed by atoms with Crippen LogP contribution >= 0.6 is 24.8 Å². The molecule has 1 amide bonds. The number of piperidine rings is 1. The Morgan fingerprint density at radius 3 is 2.78 bits per heavy atom. The molecular weight excluding hydrogens is 337 g/mol. The van der Waals surface area contributed by atoms with Gasteiger partial charge in [0, 0.05) is 13.1 Å². The van der Waals surface area contributed by atoms with Gasteiger partial charge in [0.1, 0.15) is 5.75 Å². The SMILES string of the molecule is CNCC1CCCN(C(=O)CNc2ccccc2OC)C1.Cl.Cl. The number of ether oxygens (including phenoxy) is 1. The van der Waals surface area contributed by atoms with Crippen LogP contribution in [0.5, 0.6) is 5.75 Å². The predicted molar refractivity (Wildman–Crippen MR) is 99.2 cm³/mol. The number of hydrogen-bond acceptors (Lipinski definition) is 4. The van der Waals surface area contributed by atoms with E-state index in [0.717, 1.165) is 37.5 Å². The van der Waals surface area contributed by atoms with Crippen molar-refractivity contribution < 1.29 is 9.53 Å². The van der Waals surface area contributed by atoms with Crippen LogP contribution in [0.4, 0.5) is 5.69 Å². The molecule has 1 aliphatic heterocycles. The van der Waals surface area contributed by atoms with Crippen LogP contribution < -0.4 is 15.4 Å². The van der Waals surface area contributed by atoms with Crippen LogP contribution in [0.15, 0.2) is 24.3 Å². The zero-order valence-corrected chi connectivity index (χ0v) is 15.3. The first-order valence-electron chi connectivity index (χ1n) is 7.54. The third kappa shape index (κ3) is 6.45. The Kier molecular flexibility index (Phi) is 10.8. The molecule has 0 aromatic heterocycles. The van der Waals surface area contributed by atoms with Crippen molar-refractivity contribution in [2.24, 2.45) is 5.92 Å². The monoisotopic (exact) mass is 363 g/mol. The average Bonchev–Trinajstić information content (AvgIpc) is 2.53. The van der Waals surface area contributed by atoms with E-state index >= 15 is 0 Å². The Morgan fingerprint density at radius 2 is 2.09 bits per heavy atom. The van der Waals surface area contributed by atoms with Gasteiger partial charge in [-0.2, -0.15) is 0 Å². The molecule has 1 saturated heterocycles. The minimum atomic E-state index is 0. The molecule has 0 spiro atoms. The average molecular weight is 364 g/mol. The lowest BCUT2D eigenvalue weighted by Gasteiger charge is -2.33. The minimum Gasteiger partial charge on any atom is -0.495 e. The molecule has 2 N–H and O–H groups in total. The van der Waals surface area contributed by atoms with Gasteiger partial charge in [0.15, 0.2) is 0 Å². The van der Waals surface area contributed by atoms with Crippen LogP contribution in [0.1, 0.15) is 12.8 Å². The third-order valence-corrected chi connectivity index (χ3v) is 3.90. The first kappa shape index (κ1) is 21.8. The summed E-state index contributed by atoms with van der Waals surface area (Å²) in [5.41, 5.74) is 0.858. The van der Waals surface area contributed by atoms with Crippen LogP contribution in [0.3, 0.4) is 0 Å². The molecule has 1 aromatic carbocycles. The number of amides is 1. The van der Waals surface area contributed by atoms with E-state index in [2.05, 4.69) is 10.6 Å². The second-order valence-electron chi connectivity index (χ2n) is 5.46. The summed E-state index contributed by atoms with van der Waals surface area (Å²) in [5, 5.41) is 6.38. The van der Waals surface area contributed by atoms with Crippen molar-refractivity contribution in [2.75, 3.05) is 45.7 Å². The van der Waals surface area contributed by atoms with Crippen LogP contribution in [-0.2, 0) is 4.79 Å². The van der Waals surface area contributed by atoms with E-state index in [1.807, 2.05) is 36.2 Å². The normalized spacial score (nSPS) is 16.8. The fraction of sp³-hybridized carbons (Fsp3) is 0.562. The number of hydrogen-bond donors (Lipinski definition) is 2. The van der Waals surface area contributed by atoms with Gasteiger partial charge in [0.25, 0.3) is 0 Å². The van der Waals surface area contributed by atoms with Crippen LogP contribution in [0.25, 0.3) is 0 Å². The number of nitrogens with one attached hydrogen (secondary N) is 2. The highest BCUT2D eigenvalue weighted by atomic mass is 35.5. The molecule has 0 aliphatic carbocycles. The molecule has 0 bridgehead atoms. The number of anilines is 1. The largest absolute Gasteiger partial charge is 0.495 e. The maximum atomic E-state index is 12.3. The Labute approximate surface area is 151 Å². The van der Waals surface area contributed by atoms with E-state index in [0.29, 0.717) is 12.5 Å². The summed E-state index contributed by atoms with van der Waals surface area (Å²) < 4.78 is 5.28. The van der Waals surface area contributed by atoms with Gasteiger partial charge in [-0.15, -0.1) is 24.8 Å². The number of para-hydroxylation sites is 2. The fourth-order valence-corrected chi connectivity index (χ4v) is 2.82. The molecule has 1 unspecified atom stereocenters. The van der Waals surface area contributed by atoms with Gasteiger partial charge in [-0.25, -0.2) is 0 Å². The molecule has 1 heterocycles. The molecule has 1 aromatic rings. The van der Waals surface area contributed by atoms with E-state index < -0.39 is 0 Å². The maximum Gasteiger partial charge on any atom is 0.241 e. The Morgan fingerprint density at radius 1 is 1.35 bits per heavy atom. The molecule has 1 aliphatic rings. The lowest BCUT2D eigenvalue weighted by molar-refractivity contribution is -0.131. The quantitative estimate of drug-likeness (QED) is 0.814. The number of halogens is 2. The van der Waals surface area contributed by atoms with E-state index in [1.165, 1.54) is 6.42 Å². The Hall–Kier alpha value is -1.17. The predicted octanol–water partition coefficient (Wildman–Crippen LogP) is 2.41. The van der Waals surface area contributed by atoms with Crippen LogP contribution in [-0.4, -0.2) is 51.1 Å². The first-order chi connectivity index (χ1) is 10.2. The fourth-order valence-electron chi connectivity index (χ4n) is 2.82. The summed E-state index contributed by atoms with van der Waals surface area (Å²) in [6, 6.07) is 7.65. The number of rotatable bonds is 6. The highest BCUT2D eigenvalue weighted by molar-refractivity contribution is 5.85. The molecule has 132 valence electrons. The number of benzene rings is 1. The Balaban J connectivity index is 0.00000242. The maximum absolute atomic E-state index is 12.3. The van der Waals surface area contributed by atoms with Crippen molar-refractivity contribution in [3.63, 3.8) is 0 Å². The lowest BCUT2D eigenvalue weighted by Crippen LogP contribution is -2.44. The van der Waals surface area contributed by atoms with Gasteiger partial charge in [0.05, 0.1) is 19.3 Å². The standard InChI is InChI=1S/C16H25N3O2.2ClH/c1-17-10-13-6-5-9-19(12-13)16(20)11-18-14-7-3-4-8-15(14)21-2;;/h3-4,7-8,13,17-18H,5-6,9-12H2,1-2H3;2*1H. The van der Waals surface area contributed by atoms with Crippen molar-refractivity contribution in [1.82, 2.24) is 10.2 Å². The number of methoxy groups -OCH3 is 1. The lowest BCUT2D eigenvalue weighted by atomic mass is 9.98. The van der Waals surface area contributed by atoms with Gasteiger partial charge >= 0.3 is 0 Å². The minimum absolute atomic E-state index is 0. The van der Waals surface area contributed by atoms with Crippen molar-refractivity contribution in [2.45, 2.75) is 12.8 Å². The molecule has 5 nitrogen and oxygen atoms in total. The van der Waals surface area contributed by atoms with Crippen LogP contribution in [0.2, 0.25) is 0 Å². The molecule has 23 heavy (non-hydrogen) atoms. The third-order valence-electron chi connectivity index (χ3n) is 3.90. The van der Waals surface area contributed by atoms with E-state index in [4.69, 9.17) is 4.74 Å². The van der Waals surface area contributed by atoms with E-state index in [9.17, 15) is 4.79 Å². The van der Waals surface area contributed by atoms with Gasteiger partial charge in [-0.1, -0.05) is 12.1 Å². The molecular formula is C16H27Cl2N3O2. The number of nitrogens with zero attached hydrogens (tertiary/aromatic N) is 1. The van der Waals surface area contributed by atoms with Gasteiger partial charge in [-0.05, 0) is 44.5 Å². The van der Waals surface area contributed by atoms with Crippen LogP contribution in [0, 0.1) is 5.92 Å². The summed E-state index contributed by atoms with van der Waals surface area (Å²) in [5.74, 6) is 1.48. The van der Waals surface area contributed by atoms with Gasteiger partial charge in [-0.3, -0.25) is 4.79 Å². The second kappa shape index (κ2) is 11.4. The summed E-state index contributed by atoms with van der Waals surface area (Å²) in [7, 11) is 3.60. The zero-order valence-electron chi connectivity index (χ0n) is 13.7. The van der Waals surface area contributed by atoms with E-state index in [1.54, 1.807) is 7.11 Å². The summed E-state index contributed by atoms with van der Waals surface area (Å²) >= 11 is 0. The summed E-state index contributed by atoms with van der Waals surface area (Å²) in [6.45, 7) is 3.01. The van der Waals surface area contributed by atoms with E-state index in [-0.39, 0.29) is 30.7 Å². The molecule has 7 heteroatoms. The molecule has 1 atom stereocenters. The summed E-state index contributed by atoms with van der Waals surface area (Å²) in [6.07, 6.45) is 2.29. The Bertz CT molecular complexity index is 472. The topological polar surface area (TPSA) is 53.6 Å². The highest BCUT2D eigenvalue weighted by Gasteiger charge is 2.22. The first-order valence-corrected chi connectivity index (χ1v) is 7.54. The van der Waals surface area contributed by atoms with Gasteiger partial charge in [0.2, 0.25) is 5.91 Å². The smallest absolute Gasteiger partial charge is 0.241 e. The van der Waals surface area contributed by atoms with Crippen molar-refractivity contribution in [3.8, 4) is 5.75 Å². The number of likely N-dealkylation sites (tertiary alicyclic amines) is 1. The molecule has 0 saturated carbocycles. The highest BCUT2D eigenvalue weighted by Crippen LogP contribution is 2.23. The molecule has 2 rings (SSSR count). The zero-order chi connectivity index (χ0) is 15.1. The van der Waals surface area contributed by atoms with Crippen molar-refractivity contribution in [3.05, 3.63) is 24.3 Å². The van der Waals surface area contributed by atoms with Gasteiger partial charge < -0.3 is 20.3 Å². The number of carbonyl (C=O) groups is 1. The molecule has 1 fully saturated rings. The number of carbonyl (C=O) groups excluding carboxylic acids is 1. The second-order valence-corrected chi connectivity index (χ2v) is 5.46. The molecule has 0 radical (unpaired) electrons. The van der Waals surface area contributed by atoms with Crippen molar-refractivity contribution >= 4 is 36.4 Å².